The van der Waals surface area contributed by atoms with Crippen molar-refractivity contribution in [2.75, 3.05) is 31.6 Å². The van der Waals surface area contributed by atoms with E-state index in [0.717, 1.165) is 42.5 Å². The molecule has 1 atom stereocenters. The van der Waals surface area contributed by atoms with Gasteiger partial charge in [-0.3, -0.25) is 4.79 Å². The highest BCUT2D eigenvalue weighted by atomic mass is 16.5. The van der Waals surface area contributed by atoms with Gasteiger partial charge in [0.05, 0.1) is 13.0 Å². The molecule has 28 heavy (non-hydrogen) atoms. The van der Waals surface area contributed by atoms with Gasteiger partial charge in [0.15, 0.2) is 0 Å². The molecule has 7 heteroatoms. The first-order chi connectivity index (χ1) is 13.7. The fraction of sp³-hybridized carbons (Fsp3) is 0.381. The van der Waals surface area contributed by atoms with Gasteiger partial charge >= 0.3 is 0 Å². The maximum Gasteiger partial charge on any atom is 0.225 e. The molecule has 1 aliphatic rings. The molecule has 0 radical (unpaired) electrons. The molecular formula is C21H25N5O2. The number of aromatic nitrogens is 3. The monoisotopic (exact) mass is 379 g/mol. The van der Waals surface area contributed by atoms with Crippen molar-refractivity contribution in [1.82, 2.24) is 20.3 Å². The van der Waals surface area contributed by atoms with Crippen molar-refractivity contribution in [3.8, 4) is 5.75 Å². The van der Waals surface area contributed by atoms with E-state index in [0.29, 0.717) is 19.0 Å². The van der Waals surface area contributed by atoms with E-state index in [9.17, 15) is 4.79 Å². The average molecular weight is 379 g/mol. The van der Waals surface area contributed by atoms with Gasteiger partial charge in [-0.25, -0.2) is 9.97 Å². The Hall–Kier alpha value is -3.09. The second-order valence-corrected chi connectivity index (χ2v) is 7.10. The summed E-state index contributed by atoms with van der Waals surface area (Å²) in [6, 6.07) is 7.79. The number of methoxy groups -OCH3 is 1. The molecule has 2 aromatic heterocycles. The molecule has 4 rings (SSSR count). The van der Waals surface area contributed by atoms with Crippen molar-refractivity contribution in [3.05, 3.63) is 48.4 Å². The summed E-state index contributed by atoms with van der Waals surface area (Å²) in [7, 11) is 1.67. The van der Waals surface area contributed by atoms with Gasteiger partial charge in [0, 0.05) is 49.1 Å². The summed E-state index contributed by atoms with van der Waals surface area (Å²) >= 11 is 0. The first-order valence-corrected chi connectivity index (χ1v) is 9.68. The number of carbonyl (C=O) groups is 1. The Balaban J connectivity index is 1.33. The standard InChI is InChI=1S/C21H25N5O2/c1-28-17-5-6-19-18(12-17)15(13-25-19)7-10-22-20(27)16-4-2-11-26(14-16)21-23-8-3-9-24-21/h3,5-6,8-9,12-13,16,25H,2,4,7,10-11,14H2,1H3,(H,22,27)/t16-/m0/s1. The normalized spacial score (nSPS) is 16.9. The van der Waals surface area contributed by atoms with Crippen LogP contribution in [0.4, 0.5) is 5.95 Å². The summed E-state index contributed by atoms with van der Waals surface area (Å²) in [6.07, 6.45) is 8.13. The van der Waals surface area contributed by atoms with Gasteiger partial charge in [0.2, 0.25) is 11.9 Å². The van der Waals surface area contributed by atoms with Crippen molar-refractivity contribution < 1.29 is 9.53 Å². The number of fused-ring (bicyclic) bond motifs is 1. The first-order valence-electron chi connectivity index (χ1n) is 9.68. The summed E-state index contributed by atoms with van der Waals surface area (Å²) < 4.78 is 5.32. The topological polar surface area (TPSA) is 83.1 Å². The van der Waals surface area contributed by atoms with Gasteiger partial charge < -0.3 is 19.9 Å². The van der Waals surface area contributed by atoms with Crippen LogP contribution in [0.2, 0.25) is 0 Å². The molecule has 3 aromatic rings. The number of rotatable bonds is 6. The molecule has 7 nitrogen and oxygen atoms in total. The summed E-state index contributed by atoms with van der Waals surface area (Å²) in [5.74, 6) is 1.62. The number of amides is 1. The molecule has 0 spiro atoms. The zero-order chi connectivity index (χ0) is 19.3. The highest BCUT2D eigenvalue weighted by Gasteiger charge is 2.26. The van der Waals surface area contributed by atoms with Crippen LogP contribution in [0.3, 0.4) is 0 Å². The highest BCUT2D eigenvalue weighted by molar-refractivity contribution is 5.85. The molecule has 0 bridgehead atoms. The second kappa shape index (κ2) is 8.29. The lowest BCUT2D eigenvalue weighted by Crippen LogP contribution is -2.44. The van der Waals surface area contributed by atoms with Gasteiger partial charge in [0.25, 0.3) is 0 Å². The van der Waals surface area contributed by atoms with E-state index in [1.54, 1.807) is 25.6 Å². The Bertz CT molecular complexity index is 940. The lowest BCUT2D eigenvalue weighted by atomic mass is 9.97. The molecule has 1 fully saturated rings. The van der Waals surface area contributed by atoms with Crippen molar-refractivity contribution in [2.45, 2.75) is 19.3 Å². The van der Waals surface area contributed by atoms with Crippen molar-refractivity contribution >= 4 is 22.8 Å². The average Bonchev–Trinajstić information content (AvgIpc) is 3.16. The minimum atomic E-state index is -0.0272. The number of hydrogen-bond donors (Lipinski definition) is 2. The van der Waals surface area contributed by atoms with E-state index < -0.39 is 0 Å². The van der Waals surface area contributed by atoms with E-state index in [-0.39, 0.29) is 11.8 Å². The van der Waals surface area contributed by atoms with Crippen LogP contribution in [-0.2, 0) is 11.2 Å². The number of ether oxygens (including phenoxy) is 1. The molecule has 0 saturated carbocycles. The number of anilines is 1. The molecule has 1 aliphatic heterocycles. The zero-order valence-electron chi connectivity index (χ0n) is 16.0. The molecule has 1 saturated heterocycles. The molecule has 146 valence electrons. The van der Waals surface area contributed by atoms with Crippen molar-refractivity contribution in [3.63, 3.8) is 0 Å². The summed E-state index contributed by atoms with van der Waals surface area (Å²) in [5.41, 5.74) is 2.25. The molecule has 1 aromatic carbocycles. The lowest BCUT2D eigenvalue weighted by molar-refractivity contribution is -0.125. The predicted molar refractivity (Wildman–Crippen MR) is 109 cm³/mol. The first kappa shape index (κ1) is 18.3. The fourth-order valence-corrected chi connectivity index (χ4v) is 3.78. The molecule has 0 aliphatic carbocycles. The van der Waals surface area contributed by atoms with Crippen molar-refractivity contribution in [1.29, 1.82) is 0 Å². The Labute approximate surface area is 164 Å². The summed E-state index contributed by atoms with van der Waals surface area (Å²) in [4.78, 5) is 26.6. The van der Waals surface area contributed by atoms with E-state index >= 15 is 0 Å². The molecule has 3 heterocycles. The number of nitrogens with one attached hydrogen (secondary N) is 2. The van der Waals surface area contributed by atoms with Crippen LogP contribution in [-0.4, -0.2) is 47.6 Å². The highest BCUT2D eigenvalue weighted by Crippen LogP contribution is 2.24. The minimum Gasteiger partial charge on any atom is -0.497 e. The largest absolute Gasteiger partial charge is 0.497 e. The Morgan fingerprint density at radius 2 is 2.21 bits per heavy atom. The summed E-state index contributed by atoms with van der Waals surface area (Å²) in [6.45, 7) is 2.17. The second-order valence-electron chi connectivity index (χ2n) is 7.10. The van der Waals surface area contributed by atoms with E-state index in [1.165, 1.54) is 5.56 Å². The van der Waals surface area contributed by atoms with Crippen LogP contribution in [0.5, 0.6) is 5.75 Å². The van der Waals surface area contributed by atoms with Crippen LogP contribution < -0.4 is 15.0 Å². The van der Waals surface area contributed by atoms with Crippen molar-refractivity contribution in [2.24, 2.45) is 5.92 Å². The fourth-order valence-electron chi connectivity index (χ4n) is 3.78. The third kappa shape index (κ3) is 3.93. The Morgan fingerprint density at radius 1 is 1.36 bits per heavy atom. The predicted octanol–water partition coefficient (Wildman–Crippen LogP) is 2.54. The van der Waals surface area contributed by atoms with Gasteiger partial charge in [-0.15, -0.1) is 0 Å². The molecule has 0 unspecified atom stereocenters. The van der Waals surface area contributed by atoms with Crippen LogP contribution in [0.1, 0.15) is 18.4 Å². The quantitative estimate of drug-likeness (QED) is 0.688. The SMILES string of the molecule is COc1ccc2[nH]cc(CCNC(=O)[C@H]3CCCN(c4ncccn4)C3)c2c1. The van der Waals surface area contributed by atoms with Crippen LogP contribution in [0, 0.1) is 5.92 Å². The van der Waals surface area contributed by atoms with Gasteiger partial charge in [-0.2, -0.15) is 0 Å². The van der Waals surface area contributed by atoms with Crippen LogP contribution >= 0.6 is 0 Å². The third-order valence-corrected chi connectivity index (χ3v) is 5.30. The number of piperidine rings is 1. The number of carbonyl (C=O) groups excluding carboxylic acids is 1. The van der Waals surface area contributed by atoms with Gasteiger partial charge in [0.1, 0.15) is 5.75 Å². The maximum absolute atomic E-state index is 12.7. The minimum absolute atomic E-state index is 0.0272. The van der Waals surface area contributed by atoms with E-state index in [4.69, 9.17) is 4.74 Å². The Morgan fingerprint density at radius 3 is 3.04 bits per heavy atom. The van der Waals surface area contributed by atoms with E-state index in [1.807, 2.05) is 24.4 Å². The van der Waals surface area contributed by atoms with E-state index in [2.05, 4.69) is 25.2 Å². The van der Waals surface area contributed by atoms with Gasteiger partial charge in [-0.1, -0.05) is 0 Å². The number of hydrogen-bond acceptors (Lipinski definition) is 5. The lowest BCUT2D eigenvalue weighted by Gasteiger charge is -2.31. The number of aromatic amines is 1. The zero-order valence-corrected chi connectivity index (χ0v) is 16.0. The van der Waals surface area contributed by atoms with Crippen LogP contribution in [0.15, 0.2) is 42.9 Å². The number of benzene rings is 1. The number of H-pyrrole nitrogens is 1. The molecule has 1 amide bonds. The summed E-state index contributed by atoms with van der Waals surface area (Å²) in [5, 5.41) is 4.24. The molecule has 2 N–H and O–H groups in total. The third-order valence-electron chi connectivity index (χ3n) is 5.30. The Kier molecular flexibility index (Phi) is 5.41. The maximum atomic E-state index is 12.7. The van der Waals surface area contributed by atoms with Crippen LogP contribution in [0.25, 0.3) is 10.9 Å². The smallest absolute Gasteiger partial charge is 0.225 e. The molecular weight excluding hydrogens is 354 g/mol. The number of nitrogens with zero attached hydrogens (tertiary/aromatic N) is 3. The van der Waals surface area contributed by atoms with Gasteiger partial charge in [-0.05, 0) is 49.1 Å².